The quantitative estimate of drug-likeness (QED) is 0.844. The SMILES string of the molecule is CCOC(=O)[C@@]1(C)C(Br)=C(O)C(=O)N1c1ccc(F)cc1. The maximum Gasteiger partial charge on any atom is 0.337 e. The molecule has 1 amide bonds. The maximum atomic E-state index is 13.0. The summed E-state index contributed by atoms with van der Waals surface area (Å²) in [7, 11) is 0. The van der Waals surface area contributed by atoms with Crippen molar-refractivity contribution in [3.8, 4) is 0 Å². The summed E-state index contributed by atoms with van der Waals surface area (Å²) in [5.41, 5.74) is -1.26. The number of rotatable bonds is 3. The monoisotopic (exact) mass is 357 g/mol. The van der Waals surface area contributed by atoms with Gasteiger partial charge in [0.05, 0.1) is 11.1 Å². The lowest BCUT2D eigenvalue weighted by Crippen LogP contribution is -2.52. The van der Waals surface area contributed by atoms with Crippen molar-refractivity contribution in [1.82, 2.24) is 0 Å². The first-order chi connectivity index (χ1) is 9.83. The Morgan fingerprint density at radius 3 is 2.52 bits per heavy atom. The lowest BCUT2D eigenvalue weighted by molar-refractivity contribution is -0.147. The molecule has 7 heteroatoms. The second-order valence-electron chi connectivity index (χ2n) is 4.57. The second-order valence-corrected chi connectivity index (χ2v) is 5.37. The third-order valence-corrected chi connectivity index (χ3v) is 4.39. The van der Waals surface area contributed by atoms with Gasteiger partial charge >= 0.3 is 5.97 Å². The van der Waals surface area contributed by atoms with Crippen LogP contribution in [0.4, 0.5) is 10.1 Å². The predicted molar refractivity (Wildman–Crippen MR) is 77.5 cm³/mol. The summed E-state index contributed by atoms with van der Waals surface area (Å²) in [4.78, 5) is 25.5. The van der Waals surface area contributed by atoms with Gasteiger partial charge in [0.1, 0.15) is 5.82 Å². The van der Waals surface area contributed by atoms with E-state index in [-0.39, 0.29) is 16.8 Å². The van der Waals surface area contributed by atoms with Gasteiger partial charge in [0.15, 0.2) is 11.3 Å². The van der Waals surface area contributed by atoms with Crippen molar-refractivity contribution < 1.29 is 23.8 Å². The number of benzene rings is 1. The molecule has 0 bridgehead atoms. The zero-order valence-corrected chi connectivity index (χ0v) is 13.0. The molecule has 1 atom stereocenters. The molecule has 0 aromatic heterocycles. The summed E-state index contributed by atoms with van der Waals surface area (Å²) in [6.45, 7) is 3.21. The number of ether oxygens (including phenoxy) is 1. The lowest BCUT2D eigenvalue weighted by Gasteiger charge is -2.33. The molecule has 1 aliphatic rings. The van der Waals surface area contributed by atoms with Crippen LogP contribution in [0.5, 0.6) is 0 Å². The normalized spacial score (nSPS) is 21.9. The van der Waals surface area contributed by atoms with E-state index in [1.54, 1.807) is 6.92 Å². The zero-order valence-electron chi connectivity index (χ0n) is 11.4. The topological polar surface area (TPSA) is 66.8 Å². The number of carbonyl (C=O) groups excluding carboxylic acids is 2. The van der Waals surface area contributed by atoms with Crippen LogP contribution in [0.25, 0.3) is 0 Å². The number of halogens is 2. The molecule has 1 aliphatic heterocycles. The Morgan fingerprint density at radius 1 is 1.43 bits per heavy atom. The van der Waals surface area contributed by atoms with Crippen molar-refractivity contribution in [2.75, 3.05) is 11.5 Å². The van der Waals surface area contributed by atoms with E-state index in [0.29, 0.717) is 0 Å². The Balaban J connectivity index is 2.55. The van der Waals surface area contributed by atoms with Gasteiger partial charge in [-0.05, 0) is 54.0 Å². The van der Waals surface area contributed by atoms with Gasteiger partial charge in [-0.2, -0.15) is 0 Å². The number of aliphatic hydroxyl groups is 1. The number of carbonyl (C=O) groups is 2. The summed E-state index contributed by atoms with van der Waals surface area (Å²) in [5, 5.41) is 9.86. The fraction of sp³-hybridized carbons (Fsp3) is 0.286. The van der Waals surface area contributed by atoms with Gasteiger partial charge in [-0.3, -0.25) is 9.69 Å². The molecule has 112 valence electrons. The van der Waals surface area contributed by atoms with E-state index >= 15 is 0 Å². The van der Waals surface area contributed by atoms with Crippen LogP contribution in [0.3, 0.4) is 0 Å². The van der Waals surface area contributed by atoms with E-state index in [1.807, 2.05) is 0 Å². The van der Waals surface area contributed by atoms with Gasteiger partial charge in [-0.1, -0.05) is 0 Å². The largest absolute Gasteiger partial charge is 0.502 e. The first-order valence-corrected chi connectivity index (χ1v) is 6.99. The minimum Gasteiger partial charge on any atom is -0.502 e. The maximum absolute atomic E-state index is 13.0. The molecule has 5 nitrogen and oxygen atoms in total. The molecule has 0 saturated heterocycles. The number of nitrogens with zero attached hydrogens (tertiary/aromatic N) is 1. The smallest absolute Gasteiger partial charge is 0.337 e. The van der Waals surface area contributed by atoms with Crippen LogP contribution in [0, 0.1) is 5.82 Å². The fourth-order valence-corrected chi connectivity index (χ4v) is 2.66. The van der Waals surface area contributed by atoms with Gasteiger partial charge in [0, 0.05) is 5.69 Å². The standard InChI is InChI=1S/C14H13BrFNO4/c1-3-21-13(20)14(2)11(15)10(18)12(19)17(14)9-6-4-8(16)5-7-9/h4-7,18H,3H2,1-2H3/t14-/m1/s1. The average molecular weight is 358 g/mol. The number of amides is 1. The van der Waals surface area contributed by atoms with E-state index in [9.17, 15) is 19.1 Å². The fourth-order valence-electron chi connectivity index (χ4n) is 2.15. The summed E-state index contributed by atoms with van der Waals surface area (Å²) < 4.78 is 18.0. The van der Waals surface area contributed by atoms with Gasteiger partial charge in [-0.25, -0.2) is 9.18 Å². The second kappa shape index (κ2) is 5.48. The van der Waals surface area contributed by atoms with Crippen molar-refractivity contribution in [2.45, 2.75) is 19.4 Å². The highest BCUT2D eigenvalue weighted by atomic mass is 79.9. The average Bonchev–Trinajstić information content (AvgIpc) is 2.63. The molecule has 0 radical (unpaired) electrons. The molecular formula is C14H13BrFNO4. The van der Waals surface area contributed by atoms with Crippen molar-refractivity contribution >= 4 is 33.5 Å². The number of anilines is 1. The van der Waals surface area contributed by atoms with E-state index in [4.69, 9.17) is 4.74 Å². The van der Waals surface area contributed by atoms with Crippen LogP contribution in [-0.2, 0) is 14.3 Å². The van der Waals surface area contributed by atoms with Gasteiger partial charge in [-0.15, -0.1) is 0 Å². The number of hydrogen-bond acceptors (Lipinski definition) is 4. The van der Waals surface area contributed by atoms with E-state index < -0.39 is 29.0 Å². The third kappa shape index (κ3) is 2.31. The molecule has 0 unspecified atom stereocenters. The van der Waals surface area contributed by atoms with E-state index in [2.05, 4.69) is 15.9 Å². The summed E-state index contributed by atoms with van der Waals surface area (Å²) in [5.74, 6) is -2.50. The molecule has 1 aromatic rings. The first kappa shape index (κ1) is 15.5. The minimum atomic E-state index is -1.53. The molecule has 2 rings (SSSR count). The Morgan fingerprint density at radius 2 is 2.00 bits per heavy atom. The third-order valence-electron chi connectivity index (χ3n) is 3.25. The van der Waals surface area contributed by atoms with Crippen LogP contribution < -0.4 is 4.90 Å². The molecule has 0 fully saturated rings. The number of esters is 1. The number of hydrogen-bond donors (Lipinski definition) is 1. The molecule has 0 aliphatic carbocycles. The minimum absolute atomic E-state index is 0.0165. The van der Waals surface area contributed by atoms with Crippen LogP contribution in [-0.4, -0.2) is 29.1 Å². The summed E-state index contributed by atoms with van der Waals surface area (Å²) in [6, 6.07) is 5.03. The molecule has 0 saturated carbocycles. The highest BCUT2D eigenvalue weighted by Gasteiger charge is 2.55. The Kier molecular flexibility index (Phi) is 4.04. The summed E-state index contributed by atoms with van der Waals surface area (Å²) in [6.07, 6.45) is 0. The molecule has 21 heavy (non-hydrogen) atoms. The highest BCUT2D eigenvalue weighted by Crippen LogP contribution is 2.42. The van der Waals surface area contributed by atoms with Crippen LogP contribution >= 0.6 is 15.9 Å². The highest BCUT2D eigenvalue weighted by molar-refractivity contribution is 9.11. The zero-order chi connectivity index (χ0) is 15.8. The van der Waals surface area contributed by atoms with Crippen LogP contribution in [0.2, 0.25) is 0 Å². The Hall–Kier alpha value is -1.89. The molecule has 1 aromatic carbocycles. The van der Waals surface area contributed by atoms with Crippen molar-refractivity contribution in [3.63, 3.8) is 0 Å². The predicted octanol–water partition coefficient (Wildman–Crippen LogP) is 2.66. The molecule has 0 spiro atoms. The van der Waals surface area contributed by atoms with E-state index in [0.717, 1.165) is 17.0 Å². The van der Waals surface area contributed by atoms with Crippen molar-refractivity contribution in [2.24, 2.45) is 0 Å². The van der Waals surface area contributed by atoms with Gasteiger partial charge in [0.25, 0.3) is 5.91 Å². The molecule has 1 heterocycles. The van der Waals surface area contributed by atoms with Gasteiger partial charge < -0.3 is 9.84 Å². The first-order valence-electron chi connectivity index (χ1n) is 6.20. The summed E-state index contributed by atoms with van der Waals surface area (Å²) >= 11 is 3.08. The van der Waals surface area contributed by atoms with Gasteiger partial charge in [0.2, 0.25) is 0 Å². The number of aliphatic hydroxyl groups excluding tert-OH is 1. The molecular weight excluding hydrogens is 345 g/mol. The van der Waals surface area contributed by atoms with E-state index in [1.165, 1.54) is 19.1 Å². The Labute approximate surface area is 129 Å². The van der Waals surface area contributed by atoms with Crippen LogP contribution in [0.15, 0.2) is 34.5 Å². The van der Waals surface area contributed by atoms with Crippen LogP contribution in [0.1, 0.15) is 13.8 Å². The molecule has 1 N–H and O–H groups in total. The van der Waals surface area contributed by atoms with Crippen molar-refractivity contribution in [3.05, 3.63) is 40.3 Å². The van der Waals surface area contributed by atoms with Crippen molar-refractivity contribution in [1.29, 1.82) is 0 Å². The Bertz CT molecular complexity index is 628. The lowest BCUT2D eigenvalue weighted by atomic mass is 10.0.